The zero-order chi connectivity index (χ0) is 57.5. The number of carbonyl (C=O) groups excluding carboxylic acids is 7. The Morgan fingerprint density at radius 1 is 0.351 bits per heavy atom. The standard InChI is InChI=1S/C49H87N9O19/c50-46(67)35(58-51)15-13-14-24-52-39(59)21-18-37(48(70)71)56-42(62)23-20-38(49(72)73)57-44(64)34-77-32-30-75-28-26-54-43(63)33-76-31-29-74-27-25-53-40(60)22-19-36(47(68)69)55-41(61)16-11-9-7-5-3-1-2-4-6-8-10-12-17-45(65)66/h35-38,58H,1-34,51H2,(H2,50,67)(H,52,59)(H,53,60)(H,54,63)(H,55,61)(H,56,62)(H,57,64)(H,65,66)(H,68,69)(H,70,71)(H,72,73)/t35-,36-,37-,38-/m0/s1. The second-order valence-electron chi connectivity index (χ2n) is 18.1. The first-order chi connectivity index (χ1) is 36.9. The number of ether oxygens (including phenoxy) is 4. The number of carbonyl (C=O) groups is 11. The van der Waals surface area contributed by atoms with Gasteiger partial charge in [-0.25, -0.2) is 19.8 Å². The van der Waals surface area contributed by atoms with E-state index in [0.29, 0.717) is 25.7 Å². The van der Waals surface area contributed by atoms with Gasteiger partial charge in [0.05, 0.1) is 45.7 Å². The number of carboxylic acids is 4. The van der Waals surface area contributed by atoms with Crippen LogP contribution in [0.5, 0.6) is 0 Å². The number of amides is 7. The summed E-state index contributed by atoms with van der Waals surface area (Å²) in [6.07, 6.45) is 12.4. The van der Waals surface area contributed by atoms with Gasteiger partial charge in [0.2, 0.25) is 41.4 Å². The number of nitrogens with two attached hydrogens (primary N) is 2. The van der Waals surface area contributed by atoms with Gasteiger partial charge in [-0.1, -0.05) is 64.2 Å². The van der Waals surface area contributed by atoms with Crippen LogP contribution < -0.4 is 48.9 Å². The van der Waals surface area contributed by atoms with Gasteiger partial charge in [-0.15, -0.1) is 0 Å². The third kappa shape index (κ3) is 43.7. The molecule has 0 unspecified atom stereocenters. The molecule has 442 valence electrons. The van der Waals surface area contributed by atoms with Gasteiger partial charge < -0.3 is 77.0 Å². The van der Waals surface area contributed by atoms with Gasteiger partial charge in [0.1, 0.15) is 31.3 Å². The van der Waals surface area contributed by atoms with E-state index in [4.69, 9.17) is 35.6 Å². The molecule has 0 spiro atoms. The molecule has 0 heterocycles. The highest BCUT2D eigenvalue weighted by Crippen LogP contribution is 2.13. The molecule has 0 aromatic heterocycles. The first-order valence-electron chi connectivity index (χ1n) is 26.5. The zero-order valence-corrected chi connectivity index (χ0v) is 44.4. The summed E-state index contributed by atoms with van der Waals surface area (Å²) in [5.41, 5.74) is 7.47. The molecule has 0 aliphatic rings. The van der Waals surface area contributed by atoms with Crippen LogP contribution >= 0.6 is 0 Å². The molecule has 77 heavy (non-hydrogen) atoms. The Morgan fingerprint density at radius 3 is 1.14 bits per heavy atom. The summed E-state index contributed by atoms with van der Waals surface area (Å²) in [6, 6.07) is -4.81. The molecule has 0 aliphatic carbocycles. The number of nitrogens with one attached hydrogen (secondary N) is 7. The minimum Gasteiger partial charge on any atom is -0.481 e. The van der Waals surface area contributed by atoms with Crippen LogP contribution in [0.25, 0.3) is 0 Å². The second-order valence-corrected chi connectivity index (χ2v) is 18.1. The van der Waals surface area contributed by atoms with Crippen molar-refractivity contribution in [2.24, 2.45) is 11.6 Å². The summed E-state index contributed by atoms with van der Waals surface area (Å²) >= 11 is 0. The maximum Gasteiger partial charge on any atom is 0.326 e. The van der Waals surface area contributed by atoms with E-state index in [-0.39, 0.29) is 117 Å². The van der Waals surface area contributed by atoms with Crippen molar-refractivity contribution in [3.63, 3.8) is 0 Å². The van der Waals surface area contributed by atoms with Crippen LogP contribution in [0.2, 0.25) is 0 Å². The molecule has 0 fully saturated rings. The molecule has 28 heteroatoms. The molecular formula is C49H87N9O19. The largest absolute Gasteiger partial charge is 0.481 e. The normalized spacial score (nSPS) is 12.5. The van der Waals surface area contributed by atoms with Crippen LogP contribution in [0.1, 0.15) is 148 Å². The lowest BCUT2D eigenvalue weighted by Gasteiger charge is -2.17. The maximum absolute atomic E-state index is 12.4. The van der Waals surface area contributed by atoms with E-state index >= 15 is 0 Å². The molecule has 0 bridgehead atoms. The fourth-order valence-electron chi connectivity index (χ4n) is 7.23. The fourth-order valence-corrected chi connectivity index (χ4v) is 7.23. The number of hydrazine groups is 1. The first-order valence-corrected chi connectivity index (χ1v) is 26.5. The van der Waals surface area contributed by atoms with Gasteiger partial charge in [0, 0.05) is 51.7 Å². The third-order valence-electron chi connectivity index (χ3n) is 11.6. The number of hydrogen-bond acceptors (Lipinski definition) is 17. The molecule has 0 aromatic rings. The molecule has 0 saturated heterocycles. The summed E-state index contributed by atoms with van der Waals surface area (Å²) in [5.74, 6) is -3.43. The van der Waals surface area contributed by atoms with Crippen molar-refractivity contribution in [2.45, 2.75) is 172 Å². The Kier molecular flexibility index (Phi) is 43.4. The van der Waals surface area contributed by atoms with Crippen molar-refractivity contribution >= 4 is 65.2 Å². The molecule has 0 aromatic carbocycles. The van der Waals surface area contributed by atoms with Gasteiger partial charge in [-0.05, 0) is 51.4 Å². The van der Waals surface area contributed by atoms with E-state index in [1.165, 1.54) is 0 Å². The Balaban J connectivity index is 3.99. The van der Waals surface area contributed by atoms with E-state index in [9.17, 15) is 68.1 Å². The molecule has 15 N–H and O–H groups in total. The molecule has 28 nitrogen and oxygen atoms in total. The fraction of sp³-hybridized carbons (Fsp3) is 0.776. The first kappa shape index (κ1) is 70.9. The Hall–Kier alpha value is -6.07. The van der Waals surface area contributed by atoms with Crippen LogP contribution in [-0.4, -0.2) is 182 Å². The summed E-state index contributed by atoms with van der Waals surface area (Å²) in [5, 5.41) is 52.0. The van der Waals surface area contributed by atoms with Crippen molar-refractivity contribution in [3.8, 4) is 0 Å². The number of rotatable bonds is 53. The average molecular weight is 1110 g/mol. The molecule has 0 rings (SSSR count). The van der Waals surface area contributed by atoms with Crippen molar-refractivity contribution in [3.05, 3.63) is 0 Å². The molecule has 0 saturated carbocycles. The lowest BCUT2D eigenvalue weighted by molar-refractivity contribution is -0.144. The summed E-state index contributed by atoms with van der Waals surface area (Å²) < 4.78 is 21.2. The highest BCUT2D eigenvalue weighted by atomic mass is 16.5. The molecule has 0 aliphatic heterocycles. The van der Waals surface area contributed by atoms with Gasteiger partial charge in [-0.2, -0.15) is 0 Å². The quantitative estimate of drug-likeness (QED) is 0.0207. The van der Waals surface area contributed by atoms with Crippen LogP contribution in [0, 0.1) is 0 Å². The maximum atomic E-state index is 12.4. The Bertz CT molecular complexity index is 1760. The predicted molar refractivity (Wildman–Crippen MR) is 275 cm³/mol. The third-order valence-corrected chi connectivity index (χ3v) is 11.6. The summed E-state index contributed by atoms with van der Waals surface area (Å²) in [7, 11) is 0. The monoisotopic (exact) mass is 1110 g/mol. The summed E-state index contributed by atoms with van der Waals surface area (Å²) in [4.78, 5) is 130. The van der Waals surface area contributed by atoms with E-state index in [1.54, 1.807) is 0 Å². The highest BCUT2D eigenvalue weighted by molar-refractivity contribution is 5.87. The van der Waals surface area contributed by atoms with E-state index in [2.05, 4.69) is 37.3 Å². The topological polar surface area (TPSA) is 442 Å². The Morgan fingerprint density at radius 2 is 0.714 bits per heavy atom. The molecular weight excluding hydrogens is 1020 g/mol. The van der Waals surface area contributed by atoms with Crippen molar-refractivity contribution in [2.75, 3.05) is 72.5 Å². The van der Waals surface area contributed by atoms with Crippen LogP contribution in [0.4, 0.5) is 0 Å². The van der Waals surface area contributed by atoms with Crippen molar-refractivity contribution in [1.82, 2.24) is 37.3 Å². The average Bonchev–Trinajstić information content (AvgIpc) is 3.37. The van der Waals surface area contributed by atoms with Gasteiger partial charge in [0.25, 0.3) is 0 Å². The Labute approximate surface area is 449 Å². The lowest BCUT2D eigenvalue weighted by atomic mass is 10.0. The number of aliphatic carboxylic acids is 4. The minimum atomic E-state index is -1.49. The van der Waals surface area contributed by atoms with E-state index < -0.39 is 96.5 Å². The van der Waals surface area contributed by atoms with E-state index in [0.717, 1.165) is 70.6 Å². The van der Waals surface area contributed by atoms with E-state index in [1.807, 2.05) is 0 Å². The number of unbranched alkanes of at least 4 members (excludes halogenated alkanes) is 12. The van der Waals surface area contributed by atoms with Crippen LogP contribution in [0.3, 0.4) is 0 Å². The zero-order valence-electron chi connectivity index (χ0n) is 44.4. The molecule has 7 amide bonds. The molecule has 4 atom stereocenters. The minimum absolute atomic E-state index is 0.0332. The van der Waals surface area contributed by atoms with Crippen molar-refractivity contribution < 1.29 is 92.1 Å². The number of primary amides is 1. The molecule has 0 radical (unpaired) electrons. The van der Waals surface area contributed by atoms with Crippen LogP contribution in [-0.2, 0) is 71.7 Å². The summed E-state index contributed by atoms with van der Waals surface area (Å²) in [6.45, 7) is 0.187. The van der Waals surface area contributed by atoms with Gasteiger partial charge in [0.15, 0.2) is 0 Å². The number of hydrogen-bond donors (Lipinski definition) is 13. The SMILES string of the molecule is NN[C@@H](CCCCNC(=O)CC[C@H](NC(=O)CC[C@H](NC(=O)COCCOCCNC(=O)COCCOCCNC(=O)CC[C@H](NC(=O)CCCCCCCCCCCCCCC(=O)O)C(=O)O)C(=O)O)C(=O)O)C(N)=O. The van der Waals surface area contributed by atoms with Crippen LogP contribution in [0.15, 0.2) is 0 Å². The smallest absolute Gasteiger partial charge is 0.326 e. The van der Waals surface area contributed by atoms with Gasteiger partial charge >= 0.3 is 23.9 Å². The van der Waals surface area contributed by atoms with Gasteiger partial charge in [-0.3, -0.25) is 44.2 Å². The predicted octanol–water partition coefficient (Wildman–Crippen LogP) is -0.516. The highest BCUT2D eigenvalue weighted by Gasteiger charge is 2.25. The number of carboxylic acid groups (broad SMARTS) is 4. The van der Waals surface area contributed by atoms with Crippen molar-refractivity contribution in [1.29, 1.82) is 0 Å². The lowest BCUT2D eigenvalue weighted by Crippen LogP contribution is -2.45. The second kappa shape index (κ2) is 47.2.